The minimum atomic E-state index is 0. The van der Waals surface area contributed by atoms with E-state index in [2.05, 4.69) is 0 Å². The Hall–Kier alpha value is 0.705. The van der Waals surface area contributed by atoms with E-state index in [-0.39, 0.29) is 40.1 Å². The van der Waals surface area contributed by atoms with Crippen molar-refractivity contribution in [1.29, 1.82) is 0 Å². The summed E-state index contributed by atoms with van der Waals surface area (Å²) >= 11 is 0. The zero-order valence-electron chi connectivity index (χ0n) is 3.97. The molecule has 2 heteroatoms. The topological polar surface area (TPSA) is 0 Å². The summed E-state index contributed by atoms with van der Waals surface area (Å²) in [6.45, 7) is 0. The minimum Gasteiger partial charge on any atom is -1.00 e. The van der Waals surface area contributed by atoms with Crippen molar-refractivity contribution in [1.82, 2.24) is 0 Å². The van der Waals surface area contributed by atoms with E-state index in [1.807, 2.05) is 30.7 Å². The fourth-order valence-electron chi connectivity index (χ4n) is 0.321. The Morgan fingerprint density at radius 3 is 1.29 bits per heavy atom. The van der Waals surface area contributed by atoms with Gasteiger partial charge in [-0.25, -0.2) is 0 Å². The number of allylic oxidation sites excluding steroid dienone is 4. The molecular formula is C5H5ClHg. The van der Waals surface area contributed by atoms with Crippen LogP contribution in [0.5, 0.6) is 0 Å². The van der Waals surface area contributed by atoms with Crippen molar-refractivity contribution < 1.29 is 40.1 Å². The van der Waals surface area contributed by atoms with Crippen molar-refractivity contribution in [3.8, 4) is 0 Å². The van der Waals surface area contributed by atoms with Gasteiger partial charge in [0.2, 0.25) is 0 Å². The molecule has 0 spiro atoms. The third-order valence-electron chi connectivity index (χ3n) is 0.556. The van der Waals surface area contributed by atoms with Gasteiger partial charge >= 0.3 is 27.7 Å². The molecule has 2 radical (unpaired) electrons. The second-order valence-electron chi connectivity index (χ2n) is 0.962. The van der Waals surface area contributed by atoms with Crippen molar-refractivity contribution in [2.75, 3.05) is 0 Å². The van der Waals surface area contributed by atoms with E-state index < -0.39 is 0 Å². The van der Waals surface area contributed by atoms with Crippen LogP contribution in [-0.2, 0) is 27.7 Å². The smallest absolute Gasteiger partial charge is 1.00 e. The molecule has 0 aromatic rings. The first-order chi connectivity index (χ1) is 2.50. The molecule has 1 aliphatic carbocycles. The molecule has 0 saturated heterocycles. The van der Waals surface area contributed by atoms with E-state index in [9.17, 15) is 0 Å². The van der Waals surface area contributed by atoms with Gasteiger partial charge in [-0.3, -0.25) is 0 Å². The Kier molecular flexibility index (Phi) is 10.2. The van der Waals surface area contributed by atoms with Crippen molar-refractivity contribution in [3.63, 3.8) is 0 Å². The van der Waals surface area contributed by atoms with Gasteiger partial charge in [-0.1, -0.05) is 24.3 Å². The van der Waals surface area contributed by atoms with Crippen molar-refractivity contribution in [2.24, 2.45) is 0 Å². The predicted molar refractivity (Wildman–Crippen MR) is 22.6 cm³/mol. The fraction of sp³-hybridized carbons (Fsp3) is 0. The van der Waals surface area contributed by atoms with Crippen LogP contribution in [0.4, 0.5) is 0 Å². The Bertz CT molecular complexity index is 66.1. The first-order valence-electron chi connectivity index (χ1n) is 1.67. The summed E-state index contributed by atoms with van der Waals surface area (Å²) in [6.07, 6.45) is 10.0. The van der Waals surface area contributed by atoms with E-state index >= 15 is 0 Å². The van der Waals surface area contributed by atoms with Crippen molar-refractivity contribution in [2.45, 2.75) is 0 Å². The zero-order valence-corrected chi connectivity index (χ0v) is 10.2. The summed E-state index contributed by atoms with van der Waals surface area (Å²) in [7, 11) is 0. The molecule has 0 heterocycles. The van der Waals surface area contributed by atoms with Crippen molar-refractivity contribution in [3.05, 3.63) is 30.7 Å². The maximum Gasteiger partial charge on any atom is 1.00 e. The van der Waals surface area contributed by atoms with E-state index in [4.69, 9.17) is 0 Å². The Morgan fingerprint density at radius 1 is 0.714 bits per heavy atom. The molecule has 0 aromatic carbocycles. The SMILES string of the molecule is [CH]1C=CC=C1.[Cl-].[Hg+]. The van der Waals surface area contributed by atoms with Crippen LogP contribution in [0.3, 0.4) is 0 Å². The number of hydrogen-bond acceptors (Lipinski definition) is 0. The Labute approximate surface area is 70.6 Å². The Balaban J connectivity index is 0. The molecule has 0 fully saturated rings. The van der Waals surface area contributed by atoms with Gasteiger partial charge < -0.3 is 12.4 Å². The second kappa shape index (κ2) is 6.71. The molecular weight excluding hydrogens is 296 g/mol. The first-order valence-corrected chi connectivity index (χ1v) is 1.67. The Morgan fingerprint density at radius 2 is 1.14 bits per heavy atom. The van der Waals surface area contributed by atoms with Crippen LogP contribution in [0.25, 0.3) is 0 Å². The summed E-state index contributed by atoms with van der Waals surface area (Å²) in [4.78, 5) is 0. The fourth-order valence-corrected chi connectivity index (χ4v) is 0.321. The monoisotopic (exact) mass is 302 g/mol. The summed E-state index contributed by atoms with van der Waals surface area (Å²) in [5.41, 5.74) is 0. The van der Waals surface area contributed by atoms with Crippen LogP contribution in [0, 0.1) is 6.42 Å². The molecule has 7 heavy (non-hydrogen) atoms. The maximum atomic E-state index is 2.00. The molecule has 0 N–H and O–H groups in total. The maximum absolute atomic E-state index is 2.00. The third-order valence-corrected chi connectivity index (χ3v) is 0.556. The number of halogens is 1. The van der Waals surface area contributed by atoms with Crippen LogP contribution in [0.15, 0.2) is 24.3 Å². The van der Waals surface area contributed by atoms with Crippen LogP contribution in [-0.4, -0.2) is 0 Å². The van der Waals surface area contributed by atoms with E-state index in [1.165, 1.54) is 0 Å². The van der Waals surface area contributed by atoms with Gasteiger partial charge in [0, 0.05) is 6.42 Å². The molecule has 0 nitrogen and oxygen atoms in total. The molecule has 0 bridgehead atoms. The average molecular weight is 301 g/mol. The van der Waals surface area contributed by atoms with Crippen LogP contribution < -0.4 is 12.4 Å². The zero-order chi connectivity index (χ0) is 3.54. The summed E-state index contributed by atoms with van der Waals surface area (Å²) in [6, 6.07) is 0. The normalized spacial score (nSPS) is 12.6. The van der Waals surface area contributed by atoms with E-state index in [0.29, 0.717) is 0 Å². The number of hydrogen-bond donors (Lipinski definition) is 0. The van der Waals surface area contributed by atoms with E-state index in [0.717, 1.165) is 0 Å². The second-order valence-corrected chi connectivity index (χ2v) is 0.962. The summed E-state index contributed by atoms with van der Waals surface area (Å²) in [5.74, 6) is 0. The summed E-state index contributed by atoms with van der Waals surface area (Å²) < 4.78 is 0. The molecule has 0 aliphatic heterocycles. The molecule has 1 aliphatic rings. The third kappa shape index (κ3) is 4.56. The van der Waals surface area contributed by atoms with Gasteiger partial charge in [0.1, 0.15) is 0 Å². The average Bonchev–Trinajstić information content (AvgIpc) is 1.76. The number of rotatable bonds is 0. The standard InChI is InChI=1S/C5H5.ClH.Hg/c1-2-4-5-3-1;;/h1-5H;1H;/q;;+1/p-1. The van der Waals surface area contributed by atoms with Gasteiger partial charge in [0.15, 0.2) is 0 Å². The summed E-state index contributed by atoms with van der Waals surface area (Å²) in [5, 5.41) is 0. The van der Waals surface area contributed by atoms with Gasteiger partial charge in [-0.2, -0.15) is 0 Å². The van der Waals surface area contributed by atoms with Crippen molar-refractivity contribution >= 4 is 0 Å². The quantitative estimate of drug-likeness (QED) is 0.469. The molecule has 34 valence electrons. The minimum absolute atomic E-state index is 0. The van der Waals surface area contributed by atoms with Crippen LogP contribution >= 0.6 is 0 Å². The molecule has 0 atom stereocenters. The van der Waals surface area contributed by atoms with Gasteiger partial charge in [-0.05, 0) is 0 Å². The van der Waals surface area contributed by atoms with Crippen LogP contribution in [0.2, 0.25) is 0 Å². The predicted octanol–water partition coefficient (Wildman–Crippen LogP) is -1.68. The van der Waals surface area contributed by atoms with Gasteiger partial charge in [0.25, 0.3) is 0 Å². The molecule has 0 saturated carbocycles. The first kappa shape index (κ1) is 10.6. The van der Waals surface area contributed by atoms with E-state index in [1.54, 1.807) is 0 Å². The van der Waals surface area contributed by atoms with Gasteiger partial charge in [-0.15, -0.1) is 0 Å². The molecule has 0 aromatic heterocycles. The largest absolute Gasteiger partial charge is 1.00 e. The van der Waals surface area contributed by atoms with Gasteiger partial charge in [0.05, 0.1) is 0 Å². The molecule has 1 rings (SSSR count). The molecule has 0 amide bonds. The van der Waals surface area contributed by atoms with Crippen LogP contribution in [0.1, 0.15) is 0 Å². The molecule has 0 unspecified atom stereocenters.